The third-order valence-corrected chi connectivity index (χ3v) is 6.85. The van der Waals surface area contributed by atoms with E-state index < -0.39 is 51.4 Å². The normalized spacial score (nSPS) is 34.4. The Balaban J connectivity index is 1.48. The fraction of sp³-hybridized carbons (Fsp3) is 1.00. The summed E-state index contributed by atoms with van der Waals surface area (Å²) in [4.78, 5) is 0. The molecule has 3 rings (SSSR count). The summed E-state index contributed by atoms with van der Waals surface area (Å²) >= 11 is -1.84. The number of hydrogen-bond donors (Lipinski definition) is 0. The summed E-state index contributed by atoms with van der Waals surface area (Å²) in [6, 6.07) is 0. The Morgan fingerprint density at radius 3 is 2.29 bits per heavy atom. The fourth-order valence-electron chi connectivity index (χ4n) is 2.46. The molecule has 0 aromatic heterocycles. The molecule has 0 aromatic rings. The predicted molar refractivity (Wildman–Crippen MR) is 90.2 cm³/mol. The lowest BCUT2D eigenvalue weighted by molar-refractivity contribution is 0.0331. The zero-order chi connectivity index (χ0) is 20.2. The number of hydrogen-bond acceptors (Lipinski definition) is 13. The van der Waals surface area contributed by atoms with E-state index in [2.05, 4.69) is 12.5 Å². The molecule has 28 heavy (non-hydrogen) atoms. The van der Waals surface area contributed by atoms with E-state index in [1.807, 2.05) is 0 Å². The largest absolute Gasteiger partial charge is 0.639 e. The minimum Gasteiger partial charge on any atom is -0.386 e. The Bertz CT molecular complexity index is 756. The molecule has 0 spiro atoms. The van der Waals surface area contributed by atoms with Crippen molar-refractivity contribution >= 4 is 39.2 Å². The highest BCUT2D eigenvalue weighted by molar-refractivity contribution is 7.86. The standard InChI is InChI=1S/C11H19BO13S3/c13-26-21-6-10(24-26)4-19-12(20-5-11-7-23-28(16,17)25-11)18-3-9-1-2-22-27(14,15)8-9/h9-11H,1-8H2. The molecule has 162 valence electrons. The molecule has 3 fully saturated rings. The molecule has 0 saturated carbocycles. The predicted octanol–water partition coefficient (Wildman–Crippen LogP) is -1.96. The van der Waals surface area contributed by atoms with E-state index in [9.17, 15) is 21.0 Å². The Morgan fingerprint density at radius 2 is 1.68 bits per heavy atom. The second kappa shape index (κ2) is 9.74. The maximum Gasteiger partial charge on any atom is 0.639 e. The van der Waals surface area contributed by atoms with E-state index in [0.717, 1.165) is 0 Å². The van der Waals surface area contributed by atoms with Gasteiger partial charge in [-0.15, -0.1) is 0 Å². The van der Waals surface area contributed by atoms with Crippen LogP contribution in [0.3, 0.4) is 0 Å². The van der Waals surface area contributed by atoms with Gasteiger partial charge in [-0.25, -0.2) is 8.37 Å². The Kier molecular flexibility index (Phi) is 7.82. The quantitative estimate of drug-likeness (QED) is 0.273. The highest BCUT2D eigenvalue weighted by Gasteiger charge is 2.35. The van der Waals surface area contributed by atoms with Crippen molar-refractivity contribution < 1.29 is 55.9 Å². The molecular weight excluding hydrogens is 447 g/mol. The van der Waals surface area contributed by atoms with Crippen LogP contribution in [-0.2, 0) is 66.8 Å². The lowest BCUT2D eigenvalue weighted by atomic mass is 10.1. The maximum absolute atomic E-state index is 11.5. The van der Waals surface area contributed by atoms with Gasteiger partial charge in [-0.2, -0.15) is 21.0 Å². The van der Waals surface area contributed by atoms with E-state index in [-0.39, 0.29) is 51.3 Å². The molecule has 0 radical (unpaired) electrons. The van der Waals surface area contributed by atoms with E-state index >= 15 is 0 Å². The van der Waals surface area contributed by atoms with Crippen LogP contribution in [0.2, 0.25) is 0 Å². The molecule has 4 atom stereocenters. The first-order valence-electron chi connectivity index (χ1n) is 8.22. The van der Waals surface area contributed by atoms with E-state index in [4.69, 9.17) is 22.3 Å². The van der Waals surface area contributed by atoms with Crippen molar-refractivity contribution in [1.29, 1.82) is 0 Å². The number of rotatable bonds is 9. The monoisotopic (exact) mass is 466 g/mol. The third kappa shape index (κ3) is 7.24. The van der Waals surface area contributed by atoms with Gasteiger partial charge < -0.3 is 14.0 Å². The lowest BCUT2D eigenvalue weighted by Gasteiger charge is -2.23. The van der Waals surface area contributed by atoms with Gasteiger partial charge in [0.05, 0.1) is 38.8 Å². The molecule has 3 saturated heterocycles. The minimum atomic E-state index is -4.03. The van der Waals surface area contributed by atoms with Crippen LogP contribution < -0.4 is 0 Å². The van der Waals surface area contributed by atoms with Crippen molar-refractivity contribution in [3.63, 3.8) is 0 Å². The van der Waals surface area contributed by atoms with Crippen LogP contribution in [0.25, 0.3) is 0 Å². The van der Waals surface area contributed by atoms with Crippen LogP contribution in [0.1, 0.15) is 6.42 Å². The third-order valence-electron chi connectivity index (χ3n) is 3.75. The first-order valence-corrected chi connectivity index (χ1v) is 12.1. The smallest absolute Gasteiger partial charge is 0.386 e. The summed E-state index contributed by atoms with van der Waals surface area (Å²) in [5, 5.41) is 0. The SMILES string of the molecule is O=S1OCC(COB(OCC2CCOS(=O)(=O)C2)OCC2COS(=O)(=O)O2)O1. The zero-order valence-electron chi connectivity index (χ0n) is 14.5. The van der Waals surface area contributed by atoms with Crippen molar-refractivity contribution in [1.82, 2.24) is 0 Å². The van der Waals surface area contributed by atoms with Crippen molar-refractivity contribution in [3.8, 4) is 0 Å². The average molecular weight is 466 g/mol. The van der Waals surface area contributed by atoms with Gasteiger partial charge in [0.1, 0.15) is 12.2 Å². The summed E-state index contributed by atoms with van der Waals surface area (Å²) in [5.74, 6) is -0.519. The van der Waals surface area contributed by atoms with Gasteiger partial charge in [0, 0.05) is 6.61 Å². The Hall–Kier alpha value is -0.205. The van der Waals surface area contributed by atoms with Gasteiger partial charge in [0.15, 0.2) is 0 Å². The van der Waals surface area contributed by atoms with Crippen molar-refractivity contribution in [3.05, 3.63) is 0 Å². The maximum atomic E-state index is 11.5. The molecule has 0 bridgehead atoms. The Labute approximate surface area is 165 Å². The van der Waals surface area contributed by atoms with Crippen LogP contribution in [0.15, 0.2) is 0 Å². The summed E-state index contributed by atoms with van der Waals surface area (Å²) in [5.41, 5.74) is 0. The summed E-state index contributed by atoms with van der Waals surface area (Å²) in [6.45, 7) is -0.400. The summed E-state index contributed by atoms with van der Waals surface area (Å²) in [7, 11) is -8.88. The van der Waals surface area contributed by atoms with Crippen LogP contribution in [0, 0.1) is 5.92 Å². The lowest BCUT2D eigenvalue weighted by Crippen LogP contribution is -2.37. The molecule has 3 aliphatic rings. The topological polar surface area (TPSA) is 159 Å². The molecule has 3 aliphatic heterocycles. The second-order valence-corrected chi connectivity index (χ2v) is 9.87. The van der Waals surface area contributed by atoms with Crippen LogP contribution in [-0.4, -0.2) is 86.0 Å². The molecule has 0 amide bonds. The van der Waals surface area contributed by atoms with Gasteiger partial charge in [-0.3, -0.25) is 12.5 Å². The molecule has 3 heterocycles. The van der Waals surface area contributed by atoms with Gasteiger partial charge in [-0.05, 0) is 12.3 Å². The van der Waals surface area contributed by atoms with Gasteiger partial charge in [0.2, 0.25) is 0 Å². The van der Waals surface area contributed by atoms with Crippen LogP contribution in [0.4, 0.5) is 0 Å². The summed E-state index contributed by atoms with van der Waals surface area (Å²) < 4.78 is 96.0. The molecule has 4 unspecified atom stereocenters. The van der Waals surface area contributed by atoms with Gasteiger partial charge in [-0.1, -0.05) is 0 Å². The molecule has 0 N–H and O–H groups in total. The van der Waals surface area contributed by atoms with Gasteiger partial charge in [0.25, 0.3) is 10.1 Å². The molecule has 0 aliphatic carbocycles. The van der Waals surface area contributed by atoms with Gasteiger partial charge >= 0.3 is 29.1 Å². The van der Waals surface area contributed by atoms with Crippen molar-refractivity contribution in [2.24, 2.45) is 5.92 Å². The van der Waals surface area contributed by atoms with Crippen LogP contribution in [0.5, 0.6) is 0 Å². The van der Waals surface area contributed by atoms with Crippen molar-refractivity contribution in [2.75, 3.05) is 45.4 Å². The molecular formula is C11H19BO13S3. The summed E-state index contributed by atoms with van der Waals surface area (Å²) in [6.07, 6.45) is -1.00. The molecule has 0 aromatic carbocycles. The van der Waals surface area contributed by atoms with Crippen LogP contribution >= 0.6 is 0 Å². The highest BCUT2D eigenvalue weighted by atomic mass is 32.3. The van der Waals surface area contributed by atoms with E-state index in [1.165, 1.54) is 0 Å². The molecule has 17 heteroatoms. The molecule has 13 nitrogen and oxygen atoms in total. The van der Waals surface area contributed by atoms with E-state index in [0.29, 0.717) is 6.42 Å². The Morgan fingerprint density at radius 1 is 0.964 bits per heavy atom. The minimum absolute atomic E-state index is 0.00152. The van der Waals surface area contributed by atoms with Crippen molar-refractivity contribution in [2.45, 2.75) is 18.6 Å². The first kappa shape index (κ1) is 22.5. The first-order chi connectivity index (χ1) is 13.2. The fourth-order valence-corrected chi connectivity index (χ4v) is 5.21. The zero-order valence-corrected chi connectivity index (χ0v) is 16.9. The highest BCUT2D eigenvalue weighted by Crippen LogP contribution is 2.18. The second-order valence-electron chi connectivity index (χ2n) is 6.11. The van der Waals surface area contributed by atoms with E-state index in [1.54, 1.807) is 0 Å². The average Bonchev–Trinajstić information content (AvgIpc) is 3.18.